The molecule has 100 valence electrons. The zero-order valence-electron chi connectivity index (χ0n) is 11.3. The summed E-state index contributed by atoms with van der Waals surface area (Å²) in [4.78, 5) is 18.1. The van der Waals surface area contributed by atoms with Crippen LogP contribution in [-0.4, -0.2) is 35.9 Å². The average Bonchev–Trinajstić information content (AvgIpc) is 2.37. The van der Waals surface area contributed by atoms with E-state index < -0.39 is 0 Å². The van der Waals surface area contributed by atoms with Gasteiger partial charge in [-0.15, -0.1) is 0 Å². The van der Waals surface area contributed by atoms with Crippen LogP contribution in [0.25, 0.3) is 0 Å². The number of halogens is 1. The predicted octanol–water partition coefficient (Wildman–Crippen LogP) is 3.04. The molecule has 0 spiro atoms. The molecule has 0 aliphatic heterocycles. The minimum Gasteiger partial charge on any atom is -0.372 e. The number of carbonyl (C=O) groups excluding carboxylic acids is 1. The highest BCUT2D eigenvalue weighted by atomic mass is 35.5. The molecule has 1 aromatic rings. The van der Waals surface area contributed by atoms with Crippen LogP contribution >= 0.6 is 11.6 Å². The Morgan fingerprint density at radius 1 is 1.61 bits per heavy atom. The number of anilines is 1. The second-order valence-corrected chi connectivity index (χ2v) is 4.77. The lowest BCUT2D eigenvalue weighted by Crippen LogP contribution is -2.35. The SMILES string of the molecule is CCCC(C)N(C)C(=O)c1cnc(NC)c(Cl)c1. The maximum Gasteiger partial charge on any atom is 0.255 e. The lowest BCUT2D eigenvalue weighted by molar-refractivity contribution is 0.0736. The van der Waals surface area contributed by atoms with Gasteiger partial charge in [0.15, 0.2) is 0 Å². The molecule has 1 aromatic heterocycles. The standard InChI is InChI=1S/C13H20ClN3O/c1-5-6-9(2)17(4)13(18)10-7-11(14)12(15-3)16-8-10/h7-9H,5-6H2,1-4H3,(H,15,16). The van der Waals surface area contributed by atoms with Crippen molar-refractivity contribution in [3.8, 4) is 0 Å². The number of nitrogens with one attached hydrogen (secondary N) is 1. The van der Waals surface area contributed by atoms with Crippen LogP contribution in [0, 0.1) is 0 Å². The fourth-order valence-electron chi connectivity index (χ4n) is 1.75. The van der Waals surface area contributed by atoms with Gasteiger partial charge in [-0.2, -0.15) is 0 Å². The molecule has 0 saturated heterocycles. The maximum atomic E-state index is 12.2. The Morgan fingerprint density at radius 3 is 2.78 bits per heavy atom. The smallest absolute Gasteiger partial charge is 0.255 e. The topological polar surface area (TPSA) is 45.2 Å². The maximum absolute atomic E-state index is 12.2. The monoisotopic (exact) mass is 269 g/mol. The molecule has 0 saturated carbocycles. The van der Waals surface area contributed by atoms with Crippen LogP contribution in [0.15, 0.2) is 12.3 Å². The molecule has 0 fully saturated rings. The summed E-state index contributed by atoms with van der Waals surface area (Å²) in [5, 5.41) is 3.32. The summed E-state index contributed by atoms with van der Waals surface area (Å²) in [6.07, 6.45) is 3.59. The minimum absolute atomic E-state index is 0.0481. The van der Waals surface area contributed by atoms with Crippen LogP contribution in [0.5, 0.6) is 0 Å². The van der Waals surface area contributed by atoms with E-state index in [0.717, 1.165) is 12.8 Å². The molecule has 4 nitrogen and oxygen atoms in total. The predicted molar refractivity (Wildman–Crippen MR) is 75.3 cm³/mol. The van der Waals surface area contributed by atoms with Crippen molar-refractivity contribution < 1.29 is 4.79 Å². The van der Waals surface area contributed by atoms with Crippen molar-refractivity contribution in [2.24, 2.45) is 0 Å². The van der Waals surface area contributed by atoms with E-state index in [1.165, 1.54) is 0 Å². The first-order valence-electron chi connectivity index (χ1n) is 6.11. The highest BCUT2D eigenvalue weighted by Crippen LogP contribution is 2.20. The lowest BCUT2D eigenvalue weighted by Gasteiger charge is -2.24. The summed E-state index contributed by atoms with van der Waals surface area (Å²) in [6, 6.07) is 1.86. The van der Waals surface area contributed by atoms with E-state index in [1.807, 2.05) is 14.0 Å². The van der Waals surface area contributed by atoms with Gasteiger partial charge in [0.05, 0.1) is 10.6 Å². The first-order chi connectivity index (χ1) is 8.51. The zero-order valence-corrected chi connectivity index (χ0v) is 12.1. The van der Waals surface area contributed by atoms with Gasteiger partial charge in [-0.05, 0) is 19.4 Å². The Morgan fingerprint density at radius 2 is 2.28 bits per heavy atom. The summed E-state index contributed by atoms with van der Waals surface area (Å²) in [5.74, 6) is 0.533. The fraction of sp³-hybridized carbons (Fsp3) is 0.538. The molecule has 0 radical (unpaired) electrons. The number of rotatable bonds is 5. The van der Waals surface area contributed by atoms with E-state index in [1.54, 1.807) is 24.2 Å². The molecule has 1 atom stereocenters. The Hall–Kier alpha value is -1.29. The van der Waals surface area contributed by atoms with Crippen LogP contribution in [-0.2, 0) is 0 Å². The van der Waals surface area contributed by atoms with Crippen molar-refractivity contribution in [1.29, 1.82) is 0 Å². The molecule has 18 heavy (non-hydrogen) atoms. The summed E-state index contributed by atoms with van der Waals surface area (Å²) < 4.78 is 0. The molecule has 1 rings (SSSR count). The number of nitrogens with zero attached hydrogens (tertiary/aromatic N) is 2. The van der Waals surface area contributed by atoms with Gasteiger partial charge in [-0.1, -0.05) is 24.9 Å². The van der Waals surface area contributed by atoms with Crippen LogP contribution in [0.4, 0.5) is 5.82 Å². The number of amides is 1. The van der Waals surface area contributed by atoms with Crippen molar-refractivity contribution >= 4 is 23.3 Å². The molecule has 0 aliphatic carbocycles. The van der Waals surface area contributed by atoms with Gasteiger partial charge >= 0.3 is 0 Å². The fourth-order valence-corrected chi connectivity index (χ4v) is 2.01. The van der Waals surface area contributed by atoms with Crippen molar-refractivity contribution in [2.75, 3.05) is 19.4 Å². The minimum atomic E-state index is -0.0481. The third-order valence-electron chi connectivity index (χ3n) is 3.01. The van der Waals surface area contributed by atoms with Gasteiger partial charge in [0.25, 0.3) is 5.91 Å². The van der Waals surface area contributed by atoms with Crippen LogP contribution in [0.3, 0.4) is 0 Å². The summed E-state index contributed by atoms with van der Waals surface area (Å²) >= 11 is 6.02. The quantitative estimate of drug-likeness (QED) is 0.894. The first-order valence-corrected chi connectivity index (χ1v) is 6.49. The van der Waals surface area contributed by atoms with Gasteiger partial charge in [0.1, 0.15) is 5.82 Å². The van der Waals surface area contributed by atoms with E-state index in [4.69, 9.17) is 11.6 Å². The summed E-state index contributed by atoms with van der Waals surface area (Å²) in [7, 11) is 3.55. The van der Waals surface area contributed by atoms with Gasteiger partial charge in [-0.25, -0.2) is 4.98 Å². The van der Waals surface area contributed by atoms with Crippen LogP contribution < -0.4 is 5.32 Å². The number of aromatic nitrogens is 1. The Bertz CT molecular complexity index is 423. The lowest BCUT2D eigenvalue weighted by atomic mass is 10.1. The highest BCUT2D eigenvalue weighted by molar-refractivity contribution is 6.33. The molecule has 1 heterocycles. The van der Waals surface area contributed by atoms with Crippen molar-refractivity contribution in [3.05, 3.63) is 22.8 Å². The average molecular weight is 270 g/mol. The van der Waals surface area contributed by atoms with Gasteiger partial charge < -0.3 is 10.2 Å². The number of pyridine rings is 1. The van der Waals surface area contributed by atoms with E-state index in [9.17, 15) is 4.79 Å². The Labute approximate surface area is 113 Å². The number of hydrogen-bond donors (Lipinski definition) is 1. The third-order valence-corrected chi connectivity index (χ3v) is 3.30. The third kappa shape index (κ3) is 3.35. The normalized spacial score (nSPS) is 12.1. The zero-order chi connectivity index (χ0) is 13.7. The van der Waals surface area contributed by atoms with Crippen LogP contribution in [0.2, 0.25) is 5.02 Å². The first kappa shape index (κ1) is 14.8. The molecule has 0 bridgehead atoms. The van der Waals surface area contributed by atoms with E-state index in [-0.39, 0.29) is 11.9 Å². The molecule has 5 heteroatoms. The molecule has 1 amide bonds. The molecule has 0 aliphatic rings. The largest absolute Gasteiger partial charge is 0.372 e. The van der Waals surface area contributed by atoms with Gasteiger partial charge in [0, 0.05) is 26.3 Å². The number of carbonyl (C=O) groups is 1. The van der Waals surface area contributed by atoms with E-state index in [2.05, 4.69) is 17.2 Å². The second-order valence-electron chi connectivity index (χ2n) is 4.36. The van der Waals surface area contributed by atoms with Crippen molar-refractivity contribution in [3.63, 3.8) is 0 Å². The molecular weight excluding hydrogens is 250 g/mol. The summed E-state index contributed by atoms with van der Waals surface area (Å²) in [6.45, 7) is 4.15. The van der Waals surface area contributed by atoms with E-state index >= 15 is 0 Å². The van der Waals surface area contributed by atoms with E-state index in [0.29, 0.717) is 16.4 Å². The van der Waals surface area contributed by atoms with Crippen molar-refractivity contribution in [1.82, 2.24) is 9.88 Å². The molecular formula is C13H20ClN3O. The molecule has 0 aromatic carbocycles. The molecule has 1 N–H and O–H groups in total. The highest BCUT2D eigenvalue weighted by Gasteiger charge is 2.18. The Kier molecular flexibility index (Phi) is 5.41. The molecule has 1 unspecified atom stereocenters. The van der Waals surface area contributed by atoms with Crippen LogP contribution in [0.1, 0.15) is 37.0 Å². The van der Waals surface area contributed by atoms with Crippen molar-refractivity contribution in [2.45, 2.75) is 32.7 Å². The second kappa shape index (κ2) is 6.59. The van der Waals surface area contributed by atoms with Gasteiger partial charge in [0.2, 0.25) is 0 Å². The van der Waals surface area contributed by atoms with Gasteiger partial charge in [-0.3, -0.25) is 4.79 Å². The number of hydrogen-bond acceptors (Lipinski definition) is 3. The Balaban J connectivity index is 2.87. The summed E-state index contributed by atoms with van der Waals surface area (Å²) in [5.41, 5.74) is 0.518.